The fourth-order valence-electron chi connectivity index (χ4n) is 1.15. The van der Waals surface area contributed by atoms with E-state index in [0.717, 1.165) is 0 Å². The molecule has 11 heavy (non-hydrogen) atoms. The van der Waals surface area contributed by atoms with Crippen molar-refractivity contribution < 1.29 is 19.7 Å². The summed E-state index contributed by atoms with van der Waals surface area (Å²) in [6.07, 6.45) is -2.38. The lowest BCUT2D eigenvalue weighted by Gasteiger charge is -2.35. The van der Waals surface area contributed by atoms with Crippen molar-refractivity contribution in [3.63, 3.8) is 0 Å². The van der Waals surface area contributed by atoms with E-state index in [4.69, 9.17) is 9.47 Å². The molecule has 66 valence electrons. The number of hydrogen-bond donors (Lipinski definition) is 2. The minimum absolute atomic E-state index is 0.309. The van der Waals surface area contributed by atoms with Crippen LogP contribution in [0.25, 0.3) is 0 Å². The molecule has 4 heteroatoms. The summed E-state index contributed by atoms with van der Waals surface area (Å²) in [5, 5.41) is 18.6. The highest BCUT2D eigenvalue weighted by Crippen LogP contribution is 2.16. The highest BCUT2D eigenvalue weighted by Gasteiger charge is 2.35. The Morgan fingerprint density at radius 3 is 2.55 bits per heavy atom. The van der Waals surface area contributed by atoms with Gasteiger partial charge >= 0.3 is 0 Å². The SMILES string of the molecule is CO[C@@H]1CO[C@@H](C)C(O)[C@H]1O. The van der Waals surface area contributed by atoms with Crippen molar-refractivity contribution in [2.45, 2.75) is 31.3 Å². The van der Waals surface area contributed by atoms with Crippen LogP contribution in [-0.4, -0.2) is 48.3 Å². The first kappa shape index (κ1) is 8.93. The molecule has 4 atom stereocenters. The predicted octanol–water partition coefficient (Wildman–Crippen LogP) is -0.858. The summed E-state index contributed by atoms with van der Waals surface area (Å²) in [7, 11) is 1.49. The van der Waals surface area contributed by atoms with E-state index in [1.807, 2.05) is 0 Å². The first-order valence-electron chi connectivity index (χ1n) is 3.67. The zero-order valence-electron chi connectivity index (χ0n) is 6.73. The van der Waals surface area contributed by atoms with Crippen LogP contribution in [0.2, 0.25) is 0 Å². The topological polar surface area (TPSA) is 58.9 Å². The van der Waals surface area contributed by atoms with Crippen molar-refractivity contribution in [1.29, 1.82) is 0 Å². The van der Waals surface area contributed by atoms with E-state index < -0.39 is 18.3 Å². The van der Waals surface area contributed by atoms with E-state index in [0.29, 0.717) is 6.61 Å². The molecule has 0 saturated carbocycles. The van der Waals surface area contributed by atoms with E-state index in [1.165, 1.54) is 7.11 Å². The van der Waals surface area contributed by atoms with Gasteiger partial charge in [-0.3, -0.25) is 0 Å². The summed E-state index contributed by atoms with van der Waals surface area (Å²) >= 11 is 0. The third-order valence-electron chi connectivity index (χ3n) is 2.04. The van der Waals surface area contributed by atoms with Crippen LogP contribution in [0.15, 0.2) is 0 Å². The number of methoxy groups -OCH3 is 1. The van der Waals surface area contributed by atoms with Crippen molar-refractivity contribution in [3.05, 3.63) is 0 Å². The maximum Gasteiger partial charge on any atom is 0.111 e. The molecule has 1 aliphatic heterocycles. The molecule has 1 heterocycles. The molecule has 1 aliphatic rings. The van der Waals surface area contributed by atoms with Gasteiger partial charge in [-0.1, -0.05) is 0 Å². The van der Waals surface area contributed by atoms with Crippen LogP contribution in [-0.2, 0) is 9.47 Å². The molecular formula is C7H14O4. The summed E-state index contributed by atoms with van der Waals surface area (Å²) in [5.74, 6) is 0. The molecule has 1 fully saturated rings. The number of aliphatic hydroxyl groups is 2. The van der Waals surface area contributed by atoms with Gasteiger partial charge in [0.15, 0.2) is 0 Å². The fraction of sp³-hybridized carbons (Fsp3) is 1.00. The molecule has 2 N–H and O–H groups in total. The first-order chi connectivity index (χ1) is 5.16. The van der Waals surface area contributed by atoms with Crippen molar-refractivity contribution in [2.75, 3.05) is 13.7 Å². The Kier molecular flexibility index (Phi) is 2.84. The van der Waals surface area contributed by atoms with Gasteiger partial charge in [-0.25, -0.2) is 0 Å². The van der Waals surface area contributed by atoms with E-state index in [1.54, 1.807) is 6.92 Å². The quantitative estimate of drug-likeness (QED) is 0.527. The summed E-state index contributed by atoms with van der Waals surface area (Å²) < 4.78 is 10.0. The smallest absolute Gasteiger partial charge is 0.111 e. The van der Waals surface area contributed by atoms with E-state index in [-0.39, 0.29) is 6.10 Å². The van der Waals surface area contributed by atoms with Crippen LogP contribution in [0.4, 0.5) is 0 Å². The Hall–Kier alpha value is -0.160. The van der Waals surface area contributed by atoms with E-state index in [2.05, 4.69) is 0 Å². The van der Waals surface area contributed by atoms with Gasteiger partial charge in [0.2, 0.25) is 0 Å². The third kappa shape index (κ3) is 1.70. The van der Waals surface area contributed by atoms with Crippen molar-refractivity contribution in [2.24, 2.45) is 0 Å². The van der Waals surface area contributed by atoms with Crippen molar-refractivity contribution in [3.8, 4) is 0 Å². The summed E-state index contributed by atoms with van der Waals surface area (Å²) in [5.41, 5.74) is 0. The Bertz CT molecular complexity index is 126. The van der Waals surface area contributed by atoms with Gasteiger partial charge in [-0.15, -0.1) is 0 Å². The Balaban J connectivity index is 2.52. The maximum absolute atomic E-state index is 9.35. The highest BCUT2D eigenvalue weighted by molar-refractivity contribution is 4.84. The van der Waals surface area contributed by atoms with Crippen LogP contribution in [0.5, 0.6) is 0 Å². The van der Waals surface area contributed by atoms with Crippen LogP contribution < -0.4 is 0 Å². The molecule has 0 aromatic heterocycles. The highest BCUT2D eigenvalue weighted by atomic mass is 16.6. The summed E-state index contributed by atoms with van der Waals surface area (Å²) in [6, 6.07) is 0. The monoisotopic (exact) mass is 162 g/mol. The van der Waals surface area contributed by atoms with Crippen molar-refractivity contribution >= 4 is 0 Å². The maximum atomic E-state index is 9.35. The average molecular weight is 162 g/mol. The molecule has 0 radical (unpaired) electrons. The lowest BCUT2D eigenvalue weighted by molar-refractivity contribution is -0.189. The van der Waals surface area contributed by atoms with Gasteiger partial charge in [0.05, 0.1) is 12.7 Å². The Labute approximate surface area is 65.7 Å². The van der Waals surface area contributed by atoms with Gasteiger partial charge in [-0.05, 0) is 6.92 Å². The normalized spacial score (nSPS) is 45.8. The molecule has 0 aromatic rings. The number of aliphatic hydroxyl groups excluding tert-OH is 2. The Morgan fingerprint density at radius 1 is 1.36 bits per heavy atom. The molecule has 0 aliphatic carbocycles. The van der Waals surface area contributed by atoms with Gasteiger partial charge in [0.1, 0.15) is 18.3 Å². The van der Waals surface area contributed by atoms with Gasteiger partial charge in [-0.2, -0.15) is 0 Å². The molecule has 1 unspecified atom stereocenters. The number of rotatable bonds is 1. The van der Waals surface area contributed by atoms with Gasteiger partial charge in [0.25, 0.3) is 0 Å². The van der Waals surface area contributed by atoms with Gasteiger partial charge < -0.3 is 19.7 Å². The largest absolute Gasteiger partial charge is 0.388 e. The molecule has 4 nitrogen and oxygen atoms in total. The summed E-state index contributed by atoms with van der Waals surface area (Å²) in [4.78, 5) is 0. The van der Waals surface area contributed by atoms with E-state index >= 15 is 0 Å². The Morgan fingerprint density at radius 2 is 2.00 bits per heavy atom. The lowest BCUT2D eigenvalue weighted by Crippen LogP contribution is -2.52. The van der Waals surface area contributed by atoms with Crippen molar-refractivity contribution in [1.82, 2.24) is 0 Å². The van der Waals surface area contributed by atoms with E-state index in [9.17, 15) is 10.2 Å². The summed E-state index contributed by atoms with van der Waals surface area (Å²) in [6.45, 7) is 2.07. The van der Waals surface area contributed by atoms with Crippen LogP contribution >= 0.6 is 0 Å². The zero-order valence-corrected chi connectivity index (χ0v) is 6.73. The minimum Gasteiger partial charge on any atom is -0.388 e. The minimum atomic E-state index is -0.839. The second-order valence-electron chi connectivity index (χ2n) is 2.79. The lowest BCUT2D eigenvalue weighted by atomic mass is 10.0. The third-order valence-corrected chi connectivity index (χ3v) is 2.04. The van der Waals surface area contributed by atoms with Crippen LogP contribution in [0.3, 0.4) is 0 Å². The molecule has 1 rings (SSSR count). The average Bonchev–Trinajstić information content (AvgIpc) is 2.01. The van der Waals surface area contributed by atoms with Crippen LogP contribution in [0.1, 0.15) is 6.92 Å². The first-order valence-corrected chi connectivity index (χ1v) is 3.67. The standard InChI is InChI=1S/C7H14O4/c1-4-6(8)7(9)5(10-2)3-11-4/h4-9H,3H2,1-2H3/t4-,5+,6?,7-/m0/s1. The molecule has 1 saturated heterocycles. The van der Waals surface area contributed by atoms with Gasteiger partial charge in [0, 0.05) is 7.11 Å². The molecule has 0 spiro atoms. The zero-order chi connectivity index (χ0) is 8.43. The molecule has 0 aromatic carbocycles. The predicted molar refractivity (Wildman–Crippen MR) is 38.2 cm³/mol. The van der Waals surface area contributed by atoms with Crippen LogP contribution in [0, 0.1) is 0 Å². The molecular weight excluding hydrogens is 148 g/mol. The number of hydrogen-bond acceptors (Lipinski definition) is 4. The molecule has 0 bridgehead atoms. The fourth-order valence-corrected chi connectivity index (χ4v) is 1.15. The second kappa shape index (κ2) is 3.49. The number of ether oxygens (including phenoxy) is 2. The molecule has 0 amide bonds. The second-order valence-corrected chi connectivity index (χ2v) is 2.79.